The summed E-state index contributed by atoms with van der Waals surface area (Å²) < 4.78 is 0. The summed E-state index contributed by atoms with van der Waals surface area (Å²) in [5, 5.41) is 0. The lowest BCUT2D eigenvalue weighted by atomic mass is 9.95. The fourth-order valence-electron chi connectivity index (χ4n) is 2.96. The highest BCUT2D eigenvalue weighted by molar-refractivity contribution is 5.80. The summed E-state index contributed by atoms with van der Waals surface area (Å²) in [4.78, 5) is 9.19. The first kappa shape index (κ1) is 17.1. The molecule has 0 amide bonds. The van der Waals surface area contributed by atoms with Crippen molar-refractivity contribution in [1.29, 1.82) is 0 Å². The van der Waals surface area contributed by atoms with Gasteiger partial charge in [-0.15, -0.1) is 0 Å². The summed E-state index contributed by atoms with van der Waals surface area (Å²) >= 11 is 0. The molecule has 2 nitrogen and oxygen atoms in total. The average Bonchev–Trinajstić information content (AvgIpc) is 2.62. The van der Waals surface area contributed by atoms with Crippen molar-refractivity contribution in [2.75, 3.05) is 0 Å². The summed E-state index contributed by atoms with van der Waals surface area (Å²) in [5.74, 6) is 0.593. The SMILES string of the molecule is CC(C)Cc1cccc(Cc2ccccc2)c1N=Cc1ccccn1. The van der Waals surface area contributed by atoms with Crippen molar-refractivity contribution >= 4 is 11.9 Å². The molecule has 3 rings (SSSR count). The second-order valence-corrected chi connectivity index (χ2v) is 6.70. The second-order valence-electron chi connectivity index (χ2n) is 6.70. The monoisotopic (exact) mass is 328 g/mol. The van der Waals surface area contributed by atoms with E-state index in [2.05, 4.69) is 67.4 Å². The Bertz CT molecular complexity index is 821. The molecule has 3 aromatic rings. The number of hydrogen-bond donors (Lipinski definition) is 0. The zero-order chi connectivity index (χ0) is 17.5. The maximum absolute atomic E-state index is 4.84. The van der Waals surface area contributed by atoms with Crippen LogP contribution >= 0.6 is 0 Å². The molecule has 1 heterocycles. The normalized spacial score (nSPS) is 11.3. The van der Waals surface area contributed by atoms with Crippen LogP contribution in [-0.2, 0) is 12.8 Å². The topological polar surface area (TPSA) is 25.2 Å². The second kappa shape index (κ2) is 8.39. The lowest BCUT2D eigenvalue weighted by Gasteiger charge is -2.13. The molecule has 0 bridgehead atoms. The van der Waals surface area contributed by atoms with Crippen molar-refractivity contribution in [1.82, 2.24) is 4.98 Å². The lowest BCUT2D eigenvalue weighted by Crippen LogP contribution is -1.98. The number of rotatable bonds is 6. The van der Waals surface area contributed by atoms with Gasteiger partial charge in [0.1, 0.15) is 0 Å². The molecule has 0 aliphatic heterocycles. The maximum Gasteiger partial charge on any atom is 0.0812 e. The first-order chi connectivity index (χ1) is 12.2. The van der Waals surface area contributed by atoms with E-state index in [-0.39, 0.29) is 0 Å². The molecule has 0 atom stereocenters. The van der Waals surface area contributed by atoms with Crippen LogP contribution in [0.25, 0.3) is 0 Å². The maximum atomic E-state index is 4.84. The Labute approximate surface area is 150 Å². The Morgan fingerprint density at radius 3 is 2.36 bits per heavy atom. The summed E-state index contributed by atoms with van der Waals surface area (Å²) in [7, 11) is 0. The number of nitrogens with zero attached hydrogens (tertiary/aromatic N) is 2. The van der Waals surface area contributed by atoms with Crippen LogP contribution in [0.1, 0.15) is 36.2 Å². The zero-order valence-corrected chi connectivity index (χ0v) is 14.9. The molecule has 0 saturated carbocycles. The first-order valence-electron chi connectivity index (χ1n) is 8.82. The summed E-state index contributed by atoms with van der Waals surface area (Å²) in [5.41, 5.74) is 5.84. The van der Waals surface area contributed by atoms with Crippen molar-refractivity contribution < 1.29 is 0 Å². The van der Waals surface area contributed by atoms with E-state index in [1.54, 1.807) is 6.20 Å². The smallest absolute Gasteiger partial charge is 0.0812 e. The molecule has 2 aromatic carbocycles. The molecular formula is C23H24N2. The lowest BCUT2D eigenvalue weighted by molar-refractivity contribution is 0.647. The van der Waals surface area contributed by atoms with Gasteiger partial charge in [0.25, 0.3) is 0 Å². The summed E-state index contributed by atoms with van der Waals surface area (Å²) in [6, 6.07) is 23.0. The fourth-order valence-corrected chi connectivity index (χ4v) is 2.96. The third-order valence-corrected chi connectivity index (χ3v) is 4.08. The number of benzene rings is 2. The molecule has 126 valence electrons. The Morgan fingerprint density at radius 1 is 0.880 bits per heavy atom. The molecule has 0 saturated heterocycles. The minimum Gasteiger partial charge on any atom is -0.255 e. The van der Waals surface area contributed by atoms with Crippen LogP contribution in [0.5, 0.6) is 0 Å². The Balaban J connectivity index is 1.97. The minimum absolute atomic E-state index is 0.593. The minimum atomic E-state index is 0.593. The number of aromatic nitrogens is 1. The van der Waals surface area contributed by atoms with Gasteiger partial charge in [0.05, 0.1) is 17.6 Å². The molecule has 25 heavy (non-hydrogen) atoms. The van der Waals surface area contributed by atoms with E-state index in [1.165, 1.54) is 16.7 Å². The highest BCUT2D eigenvalue weighted by Crippen LogP contribution is 2.29. The molecule has 0 aliphatic carbocycles. The van der Waals surface area contributed by atoms with Gasteiger partial charge >= 0.3 is 0 Å². The van der Waals surface area contributed by atoms with E-state index in [0.29, 0.717) is 5.92 Å². The molecule has 2 heteroatoms. The highest BCUT2D eigenvalue weighted by Gasteiger charge is 2.09. The van der Waals surface area contributed by atoms with Crippen LogP contribution in [0.3, 0.4) is 0 Å². The summed E-state index contributed by atoms with van der Waals surface area (Å²) in [6.45, 7) is 4.49. The van der Waals surface area contributed by atoms with Crippen LogP contribution < -0.4 is 0 Å². The fraction of sp³-hybridized carbons (Fsp3) is 0.217. The first-order valence-corrected chi connectivity index (χ1v) is 8.82. The van der Waals surface area contributed by atoms with E-state index in [0.717, 1.165) is 24.2 Å². The van der Waals surface area contributed by atoms with Gasteiger partial charge in [-0.05, 0) is 47.6 Å². The van der Waals surface area contributed by atoms with Gasteiger partial charge in [-0.3, -0.25) is 9.98 Å². The Kier molecular flexibility index (Phi) is 5.73. The molecule has 0 radical (unpaired) electrons. The number of pyridine rings is 1. The number of aliphatic imine (C=N–C) groups is 1. The number of para-hydroxylation sites is 1. The van der Waals surface area contributed by atoms with Gasteiger partial charge in [-0.25, -0.2) is 0 Å². The van der Waals surface area contributed by atoms with Crippen molar-refractivity contribution in [3.8, 4) is 0 Å². The van der Waals surface area contributed by atoms with Crippen LogP contribution in [0.15, 0.2) is 77.9 Å². The molecule has 0 fully saturated rings. The van der Waals surface area contributed by atoms with Crippen molar-refractivity contribution in [3.05, 3.63) is 95.3 Å². The van der Waals surface area contributed by atoms with Crippen LogP contribution in [0, 0.1) is 5.92 Å². The molecular weight excluding hydrogens is 304 g/mol. The molecule has 0 N–H and O–H groups in total. The highest BCUT2D eigenvalue weighted by atomic mass is 14.8. The molecule has 0 unspecified atom stereocenters. The van der Waals surface area contributed by atoms with E-state index in [1.807, 2.05) is 24.4 Å². The predicted molar refractivity (Wildman–Crippen MR) is 106 cm³/mol. The van der Waals surface area contributed by atoms with Crippen molar-refractivity contribution in [2.24, 2.45) is 10.9 Å². The number of hydrogen-bond acceptors (Lipinski definition) is 2. The van der Waals surface area contributed by atoms with E-state index in [4.69, 9.17) is 4.99 Å². The predicted octanol–water partition coefficient (Wildman–Crippen LogP) is 5.62. The molecule has 1 aromatic heterocycles. The Hall–Kier alpha value is -2.74. The van der Waals surface area contributed by atoms with E-state index in [9.17, 15) is 0 Å². The van der Waals surface area contributed by atoms with Gasteiger partial charge in [0.15, 0.2) is 0 Å². The summed E-state index contributed by atoms with van der Waals surface area (Å²) in [6.07, 6.45) is 5.58. The van der Waals surface area contributed by atoms with Crippen LogP contribution in [0.2, 0.25) is 0 Å². The van der Waals surface area contributed by atoms with Crippen LogP contribution in [-0.4, -0.2) is 11.2 Å². The molecule has 0 aliphatic rings. The van der Waals surface area contributed by atoms with Gasteiger partial charge in [0, 0.05) is 6.20 Å². The zero-order valence-electron chi connectivity index (χ0n) is 14.9. The van der Waals surface area contributed by atoms with Gasteiger partial charge in [-0.2, -0.15) is 0 Å². The quantitative estimate of drug-likeness (QED) is 0.539. The van der Waals surface area contributed by atoms with E-state index < -0.39 is 0 Å². The van der Waals surface area contributed by atoms with Crippen molar-refractivity contribution in [3.63, 3.8) is 0 Å². The third kappa shape index (κ3) is 4.87. The average molecular weight is 328 g/mol. The molecule has 0 spiro atoms. The largest absolute Gasteiger partial charge is 0.255 e. The Morgan fingerprint density at radius 2 is 1.64 bits per heavy atom. The standard InChI is InChI=1S/C23H24N2/c1-18(2)15-20-11-8-12-21(16-19-9-4-3-5-10-19)23(20)25-17-22-13-6-7-14-24-22/h3-14,17-18H,15-16H2,1-2H3. The van der Waals surface area contributed by atoms with Gasteiger partial charge < -0.3 is 0 Å². The van der Waals surface area contributed by atoms with Gasteiger partial charge in [0.2, 0.25) is 0 Å². The van der Waals surface area contributed by atoms with Gasteiger partial charge in [-0.1, -0.05) is 68.4 Å². The van der Waals surface area contributed by atoms with Crippen molar-refractivity contribution in [2.45, 2.75) is 26.7 Å². The van der Waals surface area contributed by atoms with E-state index >= 15 is 0 Å². The van der Waals surface area contributed by atoms with Crippen LogP contribution in [0.4, 0.5) is 5.69 Å². The third-order valence-electron chi connectivity index (χ3n) is 4.08.